The number of halogens is 3. The number of amides is 1. The molecule has 1 amide bonds. The molecular formula is C16H14F3N3O4S. The quantitative estimate of drug-likeness (QED) is 0.587. The summed E-state index contributed by atoms with van der Waals surface area (Å²) < 4.78 is 66.3. The normalized spacial score (nSPS) is 18.9. The van der Waals surface area contributed by atoms with Gasteiger partial charge in [-0.1, -0.05) is 0 Å². The summed E-state index contributed by atoms with van der Waals surface area (Å²) in [4.78, 5) is 12.0. The number of sulfonamides is 1. The van der Waals surface area contributed by atoms with E-state index in [1.807, 2.05) is 0 Å². The molecule has 2 atom stereocenters. The van der Waals surface area contributed by atoms with E-state index in [4.69, 9.17) is 0 Å². The molecule has 0 saturated carbocycles. The zero-order valence-corrected chi connectivity index (χ0v) is 14.6. The van der Waals surface area contributed by atoms with Gasteiger partial charge in [0.15, 0.2) is 17.5 Å². The maximum atomic E-state index is 13.2. The molecule has 4 N–H and O–H groups in total. The number of rotatable bonds is 3. The maximum Gasteiger partial charge on any atom is 0.255 e. The minimum Gasteiger partial charge on any atom is -0.390 e. The van der Waals surface area contributed by atoms with Crippen molar-refractivity contribution in [1.82, 2.24) is 4.72 Å². The van der Waals surface area contributed by atoms with Gasteiger partial charge < -0.3 is 15.7 Å². The highest BCUT2D eigenvalue weighted by molar-refractivity contribution is 7.89. The molecule has 0 aromatic heterocycles. The van der Waals surface area contributed by atoms with Crippen molar-refractivity contribution in [2.45, 2.75) is 24.1 Å². The Kier molecular flexibility index (Phi) is 4.84. The molecular weight excluding hydrogens is 387 g/mol. The first-order chi connectivity index (χ1) is 12.6. The second kappa shape index (κ2) is 6.83. The lowest BCUT2D eigenvalue weighted by molar-refractivity contribution is 0.102. The van der Waals surface area contributed by atoms with E-state index in [-0.39, 0.29) is 21.8 Å². The van der Waals surface area contributed by atoms with Crippen LogP contribution in [0.3, 0.4) is 0 Å². The molecule has 0 aliphatic carbocycles. The van der Waals surface area contributed by atoms with Crippen molar-refractivity contribution in [3.05, 3.63) is 53.3 Å². The molecule has 7 nitrogen and oxygen atoms in total. The van der Waals surface area contributed by atoms with E-state index in [1.165, 1.54) is 19.1 Å². The van der Waals surface area contributed by atoms with Crippen LogP contribution in [0.1, 0.15) is 17.3 Å². The van der Waals surface area contributed by atoms with Gasteiger partial charge in [-0.3, -0.25) is 4.79 Å². The van der Waals surface area contributed by atoms with Gasteiger partial charge in [0.2, 0.25) is 10.0 Å². The van der Waals surface area contributed by atoms with Gasteiger partial charge in [0.25, 0.3) is 5.91 Å². The number of carbonyl (C=O) groups is 1. The molecule has 0 saturated heterocycles. The van der Waals surface area contributed by atoms with Crippen LogP contribution >= 0.6 is 0 Å². The minimum atomic E-state index is -4.01. The van der Waals surface area contributed by atoms with Crippen molar-refractivity contribution in [3.8, 4) is 0 Å². The molecule has 27 heavy (non-hydrogen) atoms. The van der Waals surface area contributed by atoms with Crippen LogP contribution in [0.25, 0.3) is 0 Å². The fourth-order valence-electron chi connectivity index (χ4n) is 2.48. The van der Waals surface area contributed by atoms with Crippen LogP contribution in [0.5, 0.6) is 0 Å². The van der Waals surface area contributed by atoms with Crippen molar-refractivity contribution < 1.29 is 31.5 Å². The summed E-state index contributed by atoms with van der Waals surface area (Å²) in [6.45, 7) is 1.40. The zero-order valence-electron chi connectivity index (χ0n) is 13.8. The van der Waals surface area contributed by atoms with Gasteiger partial charge in [-0.25, -0.2) is 21.6 Å². The summed E-state index contributed by atoms with van der Waals surface area (Å²) in [6.07, 6.45) is -1.95. The van der Waals surface area contributed by atoms with E-state index in [1.54, 1.807) is 0 Å². The zero-order chi connectivity index (χ0) is 19.9. The Morgan fingerprint density at radius 1 is 1.19 bits per heavy atom. The van der Waals surface area contributed by atoms with Gasteiger partial charge in [0, 0.05) is 23.4 Å². The number of aliphatic hydroxyl groups excluding tert-OH is 1. The molecule has 1 aliphatic heterocycles. The van der Waals surface area contributed by atoms with Gasteiger partial charge >= 0.3 is 0 Å². The van der Waals surface area contributed by atoms with Crippen LogP contribution in [-0.2, 0) is 10.0 Å². The first-order valence-electron chi connectivity index (χ1n) is 7.65. The van der Waals surface area contributed by atoms with Crippen LogP contribution in [0, 0.1) is 17.5 Å². The predicted octanol–water partition coefficient (Wildman–Crippen LogP) is 1.77. The lowest BCUT2D eigenvalue weighted by atomic mass is 10.1. The van der Waals surface area contributed by atoms with E-state index >= 15 is 0 Å². The molecule has 0 spiro atoms. The Labute approximate surface area is 152 Å². The summed E-state index contributed by atoms with van der Waals surface area (Å²) in [5.74, 6) is -5.47. The second-order valence-corrected chi connectivity index (χ2v) is 7.59. The number of anilines is 2. The lowest BCUT2D eigenvalue weighted by Crippen LogP contribution is -2.50. The summed E-state index contributed by atoms with van der Waals surface area (Å²) in [6, 6.07) is 4.87. The predicted molar refractivity (Wildman–Crippen MR) is 90.1 cm³/mol. The molecule has 144 valence electrons. The third-order valence-electron chi connectivity index (χ3n) is 3.85. The molecule has 0 fully saturated rings. The van der Waals surface area contributed by atoms with Gasteiger partial charge in [-0.05, 0) is 25.1 Å². The Hall–Kier alpha value is -2.63. The first kappa shape index (κ1) is 19.1. The van der Waals surface area contributed by atoms with Crippen molar-refractivity contribution in [2.24, 2.45) is 0 Å². The van der Waals surface area contributed by atoms with Crippen molar-refractivity contribution in [3.63, 3.8) is 0 Å². The smallest absolute Gasteiger partial charge is 0.255 e. The SMILES string of the molecule is C[C@@H](O)C1Nc2ccc(C(=O)Nc3cc(F)c(F)c(F)c3)cc2S(=O)(=O)N1. The molecule has 2 aromatic carbocycles. The largest absolute Gasteiger partial charge is 0.390 e. The number of carbonyl (C=O) groups excluding carboxylic acids is 1. The lowest BCUT2D eigenvalue weighted by Gasteiger charge is -2.29. The highest BCUT2D eigenvalue weighted by atomic mass is 32.2. The Balaban J connectivity index is 1.90. The van der Waals surface area contributed by atoms with Gasteiger partial charge in [-0.15, -0.1) is 0 Å². The van der Waals surface area contributed by atoms with Crippen LogP contribution < -0.4 is 15.4 Å². The van der Waals surface area contributed by atoms with Crippen molar-refractivity contribution >= 4 is 27.3 Å². The minimum absolute atomic E-state index is 0.110. The summed E-state index contributed by atoms with van der Waals surface area (Å²) in [7, 11) is -4.01. The Morgan fingerprint density at radius 3 is 2.41 bits per heavy atom. The monoisotopic (exact) mass is 401 g/mol. The fraction of sp³-hybridized carbons (Fsp3) is 0.188. The second-order valence-electron chi connectivity index (χ2n) is 5.90. The number of benzene rings is 2. The third-order valence-corrected chi connectivity index (χ3v) is 5.33. The van der Waals surface area contributed by atoms with Crippen LogP contribution in [-0.4, -0.2) is 31.7 Å². The topological polar surface area (TPSA) is 108 Å². The van der Waals surface area contributed by atoms with Gasteiger partial charge in [0.05, 0.1) is 11.8 Å². The number of hydrogen-bond donors (Lipinski definition) is 4. The van der Waals surface area contributed by atoms with Gasteiger partial charge in [0.1, 0.15) is 11.1 Å². The fourth-order valence-corrected chi connectivity index (χ4v) is 3.90. The summed E-state index contributed by atoms with van der Waals surface area (Å²) in [5.41, 5.74) is -0.265. The van der Waals surface area contributed by atoms with Crippen LogP contribution in [0.2, 0.25) is 0 Å². The molecule has 0 bridgehead atoms. The summed E-state index contributed by atoms with van der Waals surface area (Å²) >= 11 is 0. The van der Waals surface area contributed by atoms with E-state index in [9.17, 15) is 31.5 Å². The van der Waals surface area contributed by atoms with E-state index < -0.39 is 45.7 Å². The first-order valence-corrected chi connectivity index (χ1v) is 9.13. The number of hydrogen-bond acceptors (Lipinski definition) is 5. The Bertz CT molecular complexity index is 1000. The molecule has 1 unspecified atom stereocenters. The van der Waals surface area contributed by atoms with E-state index in [2.05, 4.69) is 15.4 Å². The standard InChI is InChI=1S/C16H14F3N3O4S/c1-7(23)15-21-12-3-2-8(4-13(12)27(25,26)22-15)16(24)20-9-5-10(17)14(19)11(18)6-9/h2-7,15,21-23H,1H3,(H,20,24)/t7-,15?/m1/s1. The molecule has 11 heteroatoms. The highest BCUT2D eigenvalue weighted by Crippen LogP contribution is 2.28. The van der Waals surface area contributed by atoms with Crippen molar-refractivity contribution in [1.29, 1.82) is 0 Å². The van der Waals surface area contributed by atoms with Gasteiger partial charge in [-0.2, -0.15) is 4.72 Å². The molecule has 0 radical (unpaired) electrons. The number of aliphatic hydroxyl groups is 1. The number of nitrogens with one attached hydrogen (secondary N) is 3. The summed E-state index contributed by atoms with van der Waals surface area (Å²) in [5, 5.41) is 14.5. The molecule has 2 aromatic rings. The molecule has 1 aliphatic rings. The van der Waals surface area contributed by atoms with Crippen LogP contribution in [0.15, 0.2) is 35.2 Å². The third kappa shape index (κ3) is 3.75. The van der Waals surface area contributed by atoms with Crippen molar-refractivity contribution in [2.75, 3.05) is 10.6 Å². The number of fused-ring (bicyclic) bond motifs is 1. The van der Waals surface area contributed by atoms with E-state index in [0.29, 0.717) is 12.1 Å². The maximum absolute atomic E-state index is 13.2. The highest BCUT2D eigenvalue weighted by Gasteiger charge is 2.32. The molecule has 1 heterocycles. The van der Waals surface area contributed by atoms with Crippen LogP contribution in [0.4, 0.5) is 24.5 Å². The Morgan fingerprint density at radius 2 is 1.81 bits per heavy atom. The molecule has 3 rings (SSSR count). The van der Waals surface area contributed by atoms with E-state index in [0.717, 1.165) is 6.07 Å². The average molecular weight is 401 g/mol. The average Bonchev–Trinajstić information content (AvgIpc) is 2.58.